The normalized spacial score (nSPS) is 12.2. The van der Waals surface area contributed by atoms with Crippen LogP contribution >= 0.6 is 0 Å². The van der Waals surface area contributed by atoms with Crippen molar-refractivity contribution in [3.8, 4) is 11.4 Å². The van der Waals surface area contributed by atoms with Crippen molar-refractivity contribution in [2.24, 2.45) is 0 Å². The first kappa shape index (κ1) is 19.9. The number of benzene rings is 4. The number of para-hydroxylation sites is 2. The number of carboxylic acid groups (broad SMARTS) is 1. The molecule has 1 aromatic heterocycles. The standard InChI is InChI=1S/C28H23NO3/c1-19-17-21(29-24-13-7-5-11-22(24)23-12-6-8-14-25(23)29)15-16-26(19)32-27(28(30)31)18-20-9-3-2-4-10-20/h2-17,27H,18H2,1H3,(H,30,31). The lowest BCUT2D eigenvalue weighted by Crippen LogP contribution is -2.29. The first-order valence-electron chi connectivity index (χ1n) is 10.6. The average molecular weight is 421 g/mol. The summed E-state index contributed by atoms with van der Waals surface area (Å²) in [5.41, 5.74) is 5.11. The number of aryl methyl sites for hydroxylation is 1. The minimum Gasteiger partial charge on any atom is -0.478 e. The molecule has 1 atom stereocenters. The number of rotatable bonds is 6. The number of aliphatic carboxylic acids is 1. The molecular weight excluding hydrogens is 398 g/mol. The smallest absolute Gasteiger partial charge is 0.345 e. The van der Waals surface area contributed by atoms with E-state index in [2.05, 4.69) is 47.0 Å². The molecule has 5 aromatic rings. The second kappa shape index (κ2) is 8.23. The van der Waals surface area contributed by atoms with Crippen LogP contribution in [0.3, 0.4) is 0 Å². The van der Waals surface area contributed by atoms with E-state index >= 15 is 0 Å². The van der Waals surface area contributed by atoms with Gasteiger partial charge >= 0.3 is 5.97 Å². The van der Waals surface area contributed by atoms with Crippen molar-refractivity contribution < 1.29 is 14.6 Å². The van der Waals surface area contributed by atoms with Crippen LogP contribution in [-0.4, -0.2) is 21.7 Å². The Balaban J connectivity index is 1.52. The zero-order valence-electron chi connectivity index (χ0n) is 17.7. The van der Waals surface area contributed by atoms with Gasteiger partial charge in [-0.25, -0.2) is 4.79 Å². The van der Waals surface area contributed by atoms with Gasteiger partial charge in [-0.3, -0.25) is 0 Å². The summed E-state index contributed by atoms with van der Waals surface area (Å²) in [4.78, 5) is 11.8. The molecule has 0 spiro atoms. The predicted octanol–water partition coefficient (Wildman–Crippen LogP) is 6.17. The van der Waals surface area contributed by atoms with Crippen LogP contribution in [0.5, 0.6) is 5.75 Å². The fourth-order valence-corrected chi connectivity index (χ4v) is 4.27. The Hall–Kier alpha value is -4.05. The molecule has 1 N–H and O–H groups in total. The van der Waals surface area contributed by atoms with Gasteiger partial charge in [-0.1, -0.05) is 66.7 Å². The highest BCUT2D eigenvalue weighted by Crippen LogP contribution is 2.33. The minimum atomic E-state index is -0.972. The quantitative estimate of drug-likeness (QED) is 0.357. The second-order valence-corrected chi connectivity index (χ2v) is 7.95. The lowest BCUT2D eigenvalue weighted by atomic mass is 10.1. The van der Waals surface area contributed by atoms with E-state index in [1.165, 1.54) is 10.8 Å². The van der Waals surface area contributed by atoms with Gasteiger partial charge in [0.2, 0.25) is 0 Å². The van der Waals surface area contributed by atoms with E-state index in [9.17, 15) is 9.90 Å². The molecule has 0 aliphatic rings. The predicted molar refractivity (Wildman–Crippen MR) is 128 cm³/mol. The summed E-state index contributed by atoms with van der Waals surface area (Å²) in [6, 6.07) is 32.2. The first-order valence-corrected chi connectivity index (χ1v) is 10.6. The molecule has 0 radical (unpaired) electrons. The van der Waals surface area contributed by atoms with Crippen LogP contribution in [0.1, 0.15) is 11.1 Å². The SMILES string of the molecule is Cc1cc(-n2c3ccccc3c3ccccc32)ccc1OC(Cc1ccccc1)C(=O)O. The van der Waals surface area contributed by atoms with Gasteiger partial charge in [0.15, 0.2) is 6.10 Å². The van der Waals surface area contributed by atoms with Crippen LogP contribution in [0.15, 0.2) is 97.1 Å². The molecule has 0 saturated heterocycles. The van der Waals surface area contributed by atoms with E-state index < -0.39 is 12.1 Å². The number of aromatic nitrogens is 1. The van der Waals surface area contributed by atoms with Crippen molar-refractivity contribution in [1.29, 1.82) is 0 Å². The fraction of sp³-hybridized carbons (Fsp3) is 0.107. The van der Waals surface area contributed by atoms with Gasteiger partial charge in [0.05, 0.1) is 11.0 Å². The number of nitrogens with zero attached hydrogens (tertiary/aromatic N) is 1. The highest BCUT2D eigenvalue weighted by atomic mass is 16.5. The van der Waals surface area contributed by atoms with Crippen LogP contribution in [0.25, 0.3) is 27.5 Å². The highest BCUT2D eigenvalue weighted by Gasteiger charge is 2.21. The van der Waals surface area contributed by atoms with Crippen LogP contribution in [0.4, 0.5) is 0 Å². The topological polar surface area (TPSA) is 51.5 Å². The maximum atomic E-state index is 11.8. The van der Waals surface area contributed by atoms with E-state index in [1.807, 2.05) is 61.5 Å². The Morgan fingerprint density at radius 2 is 1.44 bits per heavy atom. The number of ether oxygens (including phenoxy) is 1. The zero-order valence-corrected chi connectivity index (χ0v) is 17.7. The van der Waals surface area contributed by atoms with Crippen molar-refractivity contribution in [3.05, 3.63) is 108 Å². The Morgan fingerprint density at radius 1 is 0.844 bits per heavy atom. The fourth-order valence-electron chi connectivity index (χ4n) is 4.27. The first-order chi connectivity index (χ1) is 15.6. The van der Waals surface area contributed by atoms with Gasteiger partial charge in [0, 0.05) is 22.9 Å². The number of fused-ring (bicyclic) bond motifs is 3. The Kier molecular flexibility index (Phi) is 5.12. The lowest BCUT2D eigenvalue weighted by Gasteiger charge is -2.18. The van der Waals surface area contributed by atoms with Crippen LogP contribution in [-0.2, 0) is 11.2 Å². The molecule has 4 heteroatoms. The monoisotopic (exact) mass is 421 g/mol. The minimum absolute atomic E-state index is 0.310. The van der Waals surface area contributed by atoms with Crippen LogP contribution in [0.2, 0.25) is 0 Å². The van der Waals surface area contributed by atoms with E-state index in [0.717, 1.165) is 27.8 Å². The molecule has 4 nitrogen and oxygen atoms in total. The average Bonchev–Trinajstić information content (AvgIpc) is 3.15. The van der Waals surface area contributed by atoms with Gasteiger partial charge in [-0.15, -0.1) is 0 Å². The lowest BCUT2D eigenvalue weighted by molar-refractivity contribution is -0.145. The molecule has 0 aliphatic heterocycles. The molecular formula is C28H23NO3. The second-order valence-electron chi connectivity index (χ2n) is 7.95. The molecule has 32 heavy (non-hydrogen) atoms. The van der Waals surface area contributed by atoms with E-state index in [0.29, 0.717) is 12.2 Å². The summed E-state index contributed by atoms with van der Waals surface area (Å²) in [6.45, 7) is 1.95. The van der Waals surface area contributed by atoms with Crippen molar-refractivity contribution in [1.82, 2.24) is 4.57 Å². The zero-order chi connectivity index (χ0) is 22.1. The van der Waals surface area contributed by atoms with Crippen molar-refractivity contribution in [2.75, 3.05) is 0 Å². The van der Waals surface area contributed by atoms with Gasteiger partial charge in [0.25, 0.3) is 0 Å². The van der Waals surface area contributed by atoms with Crippen molar-refractivity contribution in [3.63, 3.8) is 0 Å². The van der Waals surface area contributed by atoms with Gasteiger partial charge in [-0.2, -0.15) is 0 Å². The summed E-state index contributed by atoms with van der Waals surface area (Å²) >= 11 is 0. The molecule has 4 aromatic carbocycles. The Morgan fingerprint density at radius 3 is 2.03 bits per heavy atom. The van der Waals surface area contributed by atoms with Crippen molar-refractivity contribution >= 4 is 27.8 Å². The molecule has 5 rings (SSSR count). The molecule has 0 amide bonds. The summed E-state index contributed by atoms with van der Waals surface area (Å²) < 4.78 is 8.19. The van der Waals surface area contributed by atoms with Crippen LogP contribution in [0, 0.1) is 6.92 Å². The summed E-state index contributed by atoms with van der Waals surface area (Å²) in [7, 11) is 0. The molecule has 0 bridgehead atoms. The van der Waals surface area contributed by atoms with E-state index in [-0.39, 0.29) is 0 Å². The molecule has 0 aliphatic carbocycles. The summed E-state index contributed by atoms with van der Waals surface area (Å²) in [6.07, 6.45) is -0.639. The van der Waals surface area contributed by atoms with Gasteiger partial charge < -0.3 is 14.4 Å². The third kappa shape index (κ3) is 3.60. The van der Waals surface area contributed by atoms with Crippen LogP contribution < -0.4 is 4.74 Å². The molecule has 1 heterocycles. The summed E-state index contributed by atoms with van der Waals surface area (Å²) in [5.74, 6) is -0.391. The van der Waals surface area contributed by atoms with E-state index in [1.54, 1.807) is 0 Å². The van der Waals surface area contributed by atoms with Gasteiger partial charge in [-0.05, 0) is 48.4 Å². The highest BCUT2D eigenvalue weighted by molar-refractivity contribution is 6.09. The molecule has 1 unspecified atom stereocenters. The van der Waals surface area contributed by atoms with Crippen molar-refractivity contribution in [2.45, 2.75) is 19.4 Å². The molecule has 0 fully saturated rings. The maximum Gasteiger partial charge on any atom is 0.345 e. The third-order valence-corrected chi connectivity index (χ3v) is 5.81. The number of hydrogen-bond donors (Lipinski definition) is 1. The summed E-state index contributed by atoms with van der Waals surface area (Å²) in [5, 5.41) is 12.1. The Labute approximate surface area is 186 Å². The molecule has 158 valence electrons. The largest absolute Gasteiger partial charge is 0.478 e. The number of hydrogen-bond acceptors (Lipinski definition) is 2. The maximum absolute atomic E-state index is 11.8. The van der Waals surface area contributed by atoms with Gasteiger partial charge in [0.1, 0.15) is 5.75 Å². The Bertz CT molecular complexity index is 1370. The number of carbonyl (C=O) groups is 1. The van der Waals surface area contributed by atoms with E-state index in [4.69, 9.17) is 4.74 Å². The molecule has 0 saturated carbocycles. The number of carboxylic acids is 1. The third-order valence-electron chi connectivity index (χ3n) is 5.81.